The molecule has 0 radical (unpaired) electrons. The van der Waals surface area contributed by atoms with Gasteiger partial charge in [0.1, 0.15) is 5.52 Å². The van der Waals surface area contributed by atoms with Gasteiger partial charge in [0.05, 0.1) is 0 Å². The van der Waals surface area contributed by atoms with Crippen LogP contribution in [0.5, 0.6) is 0 Å². The second-order valence-corrected chi connectivity index (χ2v) is 6.25. The summed E-state index contributed by atoms with van der Waals surface area (Å²) in [7, 11) is 0. The number of nitrogens with zero attached hydrogens (tertiary/aromatic N) is 2. The normalized spacial score (nSPS) is 15.9. The number of nitrogens with one attached hydrogen (secondary N) is 1. The van der Waals surface area contributed by atoms with E-state index in [1.165, 1.54) is 5.56 Å². The van der Waals surface area contributed by atoms with Gasteiger partial charge < -0.3 is 15.5 Å². The SMILES string of the molecule is NCc1ccc(-c2nc3cc(CN4CCNCC4)ccc3o2)cc1. The molecule has 5 heteroatoms. The van der Waals surface area contributed by atoms with Gasteiger partial charge in [-0.2, -0.15) is 0 Å². The molecule has 0 aliphatic carbocycles. The Bertz CT molecular complexity index is 819. The Morgan fingerprint density at radius 3 is 2.54 bits per heavy atom. The molecule has 24 heavy (non-hydrogen) atoms. The zero-order valence-corrected chi connectivity index (χ0v) is 13.7. The lowest BCUT2D eigenvalue weighted by Crippen LogP contribution is -2.42. The Kier molecular flexibility index (Phi) is 4.30. The zero-order chi connectivity index (χ0) is 16.4. The summed E-state index contributed by atoms with van der Waals surface area (Å²) >= 11 is 0. The number of oxazole rings is 1. The molecular formula is C19H22N4O. The van der Waals surface area contributed by atoms with Gasteiger partial charge in [-0.15, -0.1) is 0 Å². The molecule has 1 aliphatic heterocycles. The van der Waals surface area contributed by atoms with Gasteiger partial charge in [0, 0.05) is 44.8 Å². The van der Waals surface area contributed by atoms with Gasteiger partial charge in [0.2, 0.25) is 5.89 Å². The first kappa shape index (κ1) is 15.3. The molecule has 1 saturated heterocycles. The van der Waals surface area contributed by atoms with E-state index in [2.05, 4.69) is 27.3 Å². The molecule has 2 aromatic carbocycles. The van der Waals surface area contributed by atoms with Crippen molar-refractivity contribution in [3.8, 4) is 11.5 Å². The van der Waals surface area contributed by atoms with E-state index in [1.54, 1.807) is 0 Å². The van der Waals surface area contributed by atoms with E-state index in [1.807, 2.05) is 30.3 Å². The highest BCUT2D eigenvalue weighted by Gasteiger charge is 2.12. The highest BCUT2D eigenvalue weighted by atomic mass is 16.3. The highest BCUT2D eigenvalue weighted by molar-refractivity contribution is 5.77. The molecule has 5 nitrogen and oxygen atoms in total. The first-order chi connectivity index (χ1) is 11.8. The second kappa shape index (κ2) is 6.73. The first-order valence-corrected chi connectivity index (χ1v) is 8.44. The van der Waals surface area contributed by atoms with Gasteiger partial charge in [0.15, 0.2) is 5.58 Å². The molecule has 1 fully saturated rings. The Morgan fingerprint density at radius 1 is 1.04 bits per heavy atom. The lowest BCUT2D eigenvalue weighted by Gasteiger charge is -2.27. The molecular weight excluding hydrogens is 300 g/mol. The van der Waals surface area contributed by atoms with E-state index in [4.69, 9.17) is 10.2 Å². The number of aromatic nitrogens is 1. The molecule has 3 N–H and O–H groups in total. The molecule has 1 aromatic heterocycles. The largest absolute Gasteiger partial charge is 0.436 e. The van der Waals surface area contributed by atoms with Gasteiger partial charge in [0.25, 0.3) is 0 Å². The van der Waals surface area contributed by atoms with Crippen LogP contribution in [-0.4, -0.2) is 36.1 Å². The number of benzene rings is 2. The summed E-state index contributed by atoms with van der Waals surface area (Å²) in [5.74, 6) is 0.660. The van der Waals surface area contributed by atoms with Crippen molar-refractivity contribution in [2.24, 2.45) is 5.73 Å². The van der Waals surface area contributed by atoms with Crippen LogP contribution in [-0.2, 0) is 13.1 Å². The number of hydrogen-bond acceptors (Lipinski definition) is 5. The van der Waals surface area contributed by atoms with Crippen molar-refractivity contribution in [1.29, 1.82) is 0 Å². The fourth-order valence-electron chi connectivity index (χ4n) is 3.11. The summed E-state index contributed by atoms with van der Waals surface area (Å²) in [5.41, 5.74) is 10.8. The van der Waals surface area contributed by atoms with E-state index in [9.17, 15) is 0 Å². The van der Waals surface area contributed by atoms with Crippen LogP contribution >= 0.6 is 0 Å². The van der Waals surface area contributed by atoms with Crippen LogP contribution in [0.15, 0.2) is 46.9 Å². The molecule has 0 bridgehead atoms. The summed E-state index contributed by atoms with van der Waals surface area (Å²) in [4.78, 5) is 7.13. The van der Waals surface area contributed by atoms with Crippen LogP contribution in [0.1, 0.15) is 11.1 Å². The highest BCUT2D eigenvalue weighted by Crippen LogP contribution is 2.25. The average Bonchev–Trinajstić information content (AvgIpc) is 3.06. The van der Waals surface area contributed by atoms with E-state index in [-0.39, 0.29) is 0 Å². The lowest BCUT2D eigenvalue weighted by molar-refractivity contribution is 0.233. The van der Waals surface area contributed by atoms with E-state index in [0.29, 0.717) is 12.4 Å². The third-order valence-corrected chi connectivity index (χ3v) is 4.50. The van der Waals surface area contributed by atoms with Crippen molar-refractivity contribution in [3.05, 3.63) is 53.6 Å². The Hall–Kier alpha value is -2.21. The minimum absolute atomic E-state index is 0.545. The van der Waals surface area contributed by atoms with Crippen molar-refractivity contribution in [1.82, 2.24) is 15.2 Å². The molecule has 3 aromatic rings. The fourth-order valence-corrected chi connectivity index (χ4v) is 3.11. The number of nitrogens with two attached hydrogens (primary N) is 1. The van der Waals surface area contributed by atoms with Crippen molar-refractivity contribution in [3.63, 3.8) is 0 Å². The third-order valence-electron chi connectivity index (χ3n) is 4.50. The van der Waals surface area contributed by atoms with E-state index in [0.717, 1.165) is 55.0 Å². The maximum Gasteiger partial charge on any atom is 0.227 e. The van der Waals surface area contributed by atoms with E-state index < -0.39 is 0 Å². The minimum Gasteiger partial charge on any atom is -0.436 e. The summed E-state index contributed by atoms with van der Waals surface area (Å²) in [6.07, 6.45) is 0. The standard InChI is InChI=1S/C19H22N4O/c20-12-14-1-4-16(5-2-14)19-22-17-11-15(3-6-18(17)24-19)13-23-9-7-21-8-10-23/h1-6,11,21H,7-10,12-13,20H2. The second-order valence-electron chi connectivity index (χ2n) is 6.25. The molecule has 0 unspecified atom stereocenters. The van der Waals surface area contributed by atoms with Crippen LogP contribution in [0.25, 0.3) is 22.6 Å². The maximum atomic E-state index is 5.91. The van der Waals surface area contributed by atoms with Crippen molar-refractivity contribution >= 4 is 11.1 Å². The smallest absolute Gasteiger partial charge is 0.227 e. The molecule has 1 aliphatic rings. The number of fused-ring (bicyclic) bond motifs is 1. The number of piperazine rings is 1. The maximum absolute atomic E-state index is 5.91. The minimum atomic E-state index is 0.545. The van der Waals surface area contributed by atoms with E-state index >= 15 is 0 Å². The Morgan fingerprint density at radius 2 is 1.79 bits per heavy atom. The molecule has 4 rings (SSSR count). The summed E-state index contributed by atoms with van der Waals surface area (Å²) in [6.45, 7) is 5.82. The van der Waals surface area contributed by atoms with Crippen LogP contribution in [0.4, 0.5) is 0 Å². The van der Waals surface area contributed by atoms with Gasteiger partial charge in [-0.1, -0.05) is 18.2 Å². The van der Waals surface area contributed by atoms with Crippen molar-refractivity contribution in [2.75, 3.05) is 26.2 Å². The average molecular weight is 322 g/mol. The number of hydrogen-bond donors (Lipinski definition) is 2. The van der Waals surface area contributed by atoms with Crippen LogP contribution in [0.3, 0.4) is 0 Å². The number of rotatable bonds is 4. The topological polar surface area (TPSA) is 67.3 Å². The molecule has 0 spiro atoms. The predicted octanol–water partition coefficient (Wildman–Crippen LogP) is 2.36. The van der Waals surface area contributed by atoms with Crippen molar-refractivity contribution < 1.29 is 4.42 Å². The molecule has 0 atom stereocenters. The first-order valence-electron chi connectivity index (χ1n) is 8.44. The van der Waals surface area contributed by atoms with Gasteiger partial charge in [-0.25, -0.2) is 4.98 Å². The molecule has 0 saturated carbocycles. The van der Waals surface area contributed by atoms with Crippen LogP contribution in [0, 0.1) is 0 Å². The monoisotopic (exact) mass is 322 g/mol. The molecule has 2 heterocycles. The summed E-state index contributed by atoms with van der Waals surface area (Å²) in [5, 5.41) is 3.38. The predicted molar refractivity (Wildman–Crippen MR) is 95.5 cm³/mol. The quantitative estimate of drug-likeness (QED) is 0.772. The van der Waals surface area contributed by atoms with Crippen LogP contribution in [0.2, 0.25) is 0 Å². The Balaban J connectivity index is 1.58. The summed E-state index contributed by atoms with van der Waals surface area (Å²) in [6, 6.07) is 14.3. The fraction of sp³-hybridized carbons (Fsp3) is 0.316. The lowest BCUT2D eigenvalue weighted by atomic mass is 10.1. The van der Waals surface area contributed by atoms with Gasteiger partial charge in [-0.05, 0) is 35.4 Å². The van der Waals surface area contributed by atoms with Crippen molar-refractivity contribution in [2.45, 2.75) is 13.1 Å². The van der Waals surface area contributed by atoms with Gasteiger partial charge in [-0.3, -0.25) is 4.90 Å². The Labute approximate surface area is 141 Å². The third kappa shape index (κ3) is 3.19. The molecule has 0 amide bonds. The van der Waals surface area contributed by atoms with Crippen LogP contribution < -0.4 is 11.1 Å². The zero-order valence-electron chi connectivity index (χ0n) is 13.7. The van der Waals surface area contributed by atoms with Gasteiger partial charge >= 0.3 is 0 Å². The molecule has 124 valence electrons. The summed E-state index contributed by atoms with van der Waals surface area (Å²) < 4.78 is 5.91.